The number of nitrogens with zero attached hydrogens (tertiary/aromatic N) is 1. The Labute approximate surface area is 153 Å². The largest absolute Gasteiger partial charge is 0.490 e. The topological polar surface area (TPSA) is 68.5 Å². The predicted octanol–water partition coefficient (Wildman–Crippen LogP) is 4.10. The van der Waals surface area contributed by atoms with Crippen molar-refractivity contribution in [3.05, 3.63) is 57.6 Å². The van der Waals surface area contributed by atoms with E-state index in [0.717, 1.165) is 11.3 Å². The van der Waals surface area contributed by atoms with E-state index in [9.17, 15) is 4.79 Å². The van der Waals surface area contributed by atoms with Crippen LogP contribution in [0.2, 0.25) is 0 Å². The molecule has 25 heavy (non-hydrogen) atoms. The molecular weight excluding hydrogens is 386 g/mol. The lowest BCUT2D eigenvalue weighted by atomic mass is 10.1. The van der Waals surface area contributed by atoms with Gasteiger partial charge in [0.2, 0.25) is 0 Å². The highest BCUT2D eigenvalue weighted by atomic mass is 79.9. The van der Waals surface area contributed by atoms with Crippen LogP contribution in [0.25, 0.3) is 6.08 Å². The Morgan fingerprint density at radius 1 is 1.36 bits per heavy atom. The molecule has 0 atom stereocenters. The molecular formula is C19H14BrNO4. The number of rotatable bonds is 4. The Balaban J connectivity index is 1.89. The number of para-hydroxylation sites is 1. The molecule has 5 nitrogen and oxygen atoms in total. The third kappa shape index (κ3) is 3.67. The number of hydrogen-bond donors (Lipinski definition) is 0. The summed E-state index contributed by atoms with van der Waals surface area (Å²) in [5.41, 5.74) is 1.63. The first-order valence-electron chi connectivity index (χ1n) is 7.63. The van der Waals surface area contributed by atoms with Gasteiger partial charge in [0.1, 0.15) is 12.4 Å². The van der Waals surface area contributed by atoms with E-state index in [4.69, 9.17) is 19.5 Å². The Kier molecular flexibility index (Phi) is 5.05. The summed E-state index contributed by atoms with van der Waals surface area (Å²) in [5, 5.41) is 9.06. The van der Waals surface area contributed by atoms with E-state index in [0.29, 0.717) is 28.0 Å². The summed E-state index contributed by atoms with van der Waals surface area (Å²) in [4.78, 5) is 12.5. The van der Waals surface area contributed by atoms with Crippen LogP contribution >= 0.6 is 15.9 Å². The summed E-state index contributed by atoms with van der Waals surface area (Å²) < 4.78 is 17.1. The number of ether oxygens (including phenoxy) is 3. The number of esters is 1. The van der Waals surface area contributed by atoms with Crippen molar-refractivity contribution in [2.24, 2.45) is 0 Å². The van der Waals surface area contributed by atoms with E-state index in [1.54, 1.807) is 12.1 Å². The van der Waals surface area contributed by atoms with Gasteiger partial charge in [-0.25, -0.2) is 4.79 Å². The van der Waals surface area contributed by atoms with Crippen molar-refractivity contribution in [2.75, 3.05) is 13.2 Å². The quantitative estimate of drug-likeness (QED) is 0.571. The standard InChI is InChI=1S/C19H14BrNO4/c1-2-23-17-8-12(10-21)7-15(20)18(17)25-19(22)14-9-13-5-3-4-6-16(13)24-11-14/h3-9H,2,11H2,1H3. The molecule has 0 spiro atoms. The number of nitriles is 1. The number of fused-ring (bicyclic) bond motifs is 1. The Bertz CT molecular complexity index is 899. The molecule has 126 valence electrons. The molecule has 0 N–H and O–H groups in total. The maximum absolute atomic E-state index is 12.5. The maximum Gasteiger partial charge on any atom is 0.343 e. The molecule has 6 heteroatoms. The van der Waals surface area contributed by atoms with Crippen molar-refractivity contribution in [1.82, 2.24) is 0 Å². The van der Waals surface area contributed by atoms with Crippen molar-refractivity contribution >= 4 is 28.0 Å². The van der Waals surface area contributed by atoms with E-state index in [2.05, 4.69) is 15.9 Å². The third-order valence-electron chi connectivity index (χ3n) is 3.53. The fourth-order valence-corrected chi connectivity index (χ4v) is 2.91. The maximum atomic E-state index is 12.5. The zero-order valence-corrected chi connectivity index (χ0v) is 15.0. The number of benzene rings is 2. The van der Waals surface area contributed by atoms with Gasteiger partial charge >= 0.3 is 5.97 Å². The van der Waals surface area contributed by atoms with Crippen LogP contribution in [0.1, 0.15) is 18.1 Å². The Morgan fingerprint density at radius 2 is 2.16 bits per heavy atom. The van der Waals surface area contributed by atoms with Crippen molar-refractivity contribution in [1.29, 1.82) is 5.26 Å². The molecule has 1 aliphatic rings. The molecule has 3 rings (SSSR count). The molecule has 0 amide bonds. The third-order valence-corrected chi connectivity index (χ3v) is 4.12. The Hall–Kier alpha value is -2.78. The summed E-state index contributed by atoms with van der Waals surface area (Å²) in [6.45, 7) is 2.33. The van der Waals surface area contributed by atoms with E-state index in [1.807, 2.05) is 37.3 Å². The van der Waals surface area contributed by atoms with Crippen molar-refractivity contribution in [3.63, 3.8) is 0 Å². The van der Waals surface area contributed by atoms with Crippen LogP contribution in [0.15, 0.2) is 46.4 Å². The van der Waals surface area contributed by atoms with Crippen LogP contribution in [-0.4, -0.2) is 19.2 Å². The summed E-state index contributed by atoms with van der Waals surface area (Å²) >= 11 is 3.33. The van der Waals surface area contributed by atoms with Gasteiger partial charge in [0.25, 0.3) is 0 Å². The highest BCUT2D eigenvalue weighted by molar-refractivity contribution is 9.10. The molecule has 0 radical (unpaired) electrons. The fraction of sp³-hybridized carbons (Fsp3) is 0.158. The van der Waals surface area contributed by atoms with Gasteiger partial charge in [-0.2, -0.15) is 5.26 Å². The second-order valence-electron chi connectivity index (χ2n) is 5.22. The number of halogens is 1. The molecule has 1 aliphatic heterocycles. The van der Waals surface area contributed by atoms with Crippen LogP contribution in [0.5, 0.6) is 17.2 Å². The molecule has 0 saturated heterocycles. The molecule has 2 aromatic rings. The lowest BCUT2D eigenvalue weighted by Gasteiger charge is -2.18. The van der Waals surface area contributed by atoms with Crippen molar-refractivity contribution in [3.8, 4) is 23.3 Å². The minimum absolute atomic E-state index is 0.133. The molecule has 0 fully saturated rings. The molecule has 2 aromatic carbocycles. The molecule has 0 saturated carbocycles. The summed E-state index contributed by atoms with van der Waals surface area (Å²) in [6.07, 6.45) is 1.75. The summed E-state index contributed by atoms with van der Waals surface area (Å²) in [6, 6.07) is 12.6. The molecule has 0 bridgehead atoms. The molecule has 1 heterocycles. The van der Waals surface area contributed by atoms with Crippen LogP contribution in [0.3, 0.4) is 0 Å². The lowest BCUT2D eigenvalue weighted by Crippen LogP contribution is -2.20. The van der Waals surface area contributed by atoms with Gasteiger partial charge in [-0.05, 0) is 41.1 Å². The zero-order valence-electron chi connectivity index (χ0n) is 13.4. The van der Waals surface area contributed by atoms with Gasteiger partial charge in [0, 0.05) is 11.6 Å². The van der Waals surface area contributed by atoms with Gasteiger partial charge in [0.15, 0.2) is 11.5 Å². The normalized spacial score (nSPS) is 12.3. The first-order valence-corrected chi connectivity index (χ1v) is 8.42. The minimum Gasteiger partial charge on any atom is -0.490 e. The predicted molar refractivity (Wildman–Crippen MR) is 95.6 cm³/mol. The minimum atomic E-state index is -0.527. The van der Waals surface area contributed by atoms with Crippen LogP contribution < -0.4 is 14.2 Å². The summed E-state index contributed by atoms with van der Waals surface area (Å²) in [7, 11) is 0. The van der Waals surface area contributed by atoms with Crippen molar-refractivity contribution < 1.29 is 19.0 Å². The smallest absolute Gasteiger partial charge is 0.343 e. The second-order valence-corrected chi connectivity index (χ2v) is 6.07. The van der Waals surface area contributed by atoms with E-state index >= 15 is 0 Å². The summed E-state index contributed by atoms with van der Waals surface area (Å²) in [5.74, 6) is 0.777. The van der Waals surface area contributed by atoms with E-state index in [-0.39, 0.29) is 12.4 Å². The average molecular weight is 400 g/mol. The fourth-order valence-electron chi connectivity index (χ4n) is 2.39. The highest BCUT2D eigenvalue weighted by Crippen LogP contribution is 2.37. The molecule has 0 aliphatic carbocycles. The van der Waals surface area contributed by atoms with Crippen molar-refractivity contribution in [2.45, 2.75) is 6.92 Å². The van der Waals surface area contributed by atoms with E-state index < -0.39 is 5.97 Å². The van der Waals surface area contributed by atoms with Crippen LogP contribution in [0, 0.1) is 11.3 Å². The monoisotopic (exact) mass is 399 g/mol. The van der Waals surface area contributed by atoms with Gasteiger partial charge < -0.3 is 14.2 Å². The number of hydrogen-bond acceptors (Lipinski definition) is 5. The van der Waals surface area contributed by atoms with E-state index in [1.165, 1.54) is 6.07 Å². The van der Waals surface area contributed by atoms with Crippen LogP contribution in [-0.2, 0) is 4.79 Å². The zero-order chi connectivity index (χ0) is 17.8. The average Bonchev–Trinajstić information content (AvgIpc) is 2.63. The first kappa shape index (κ1) is 17.1. The van der Waals surface area contributed by atoms with Gasteiger partial charge in [-0.3, -0.25) is 0 Å². The van der Waals surface area contributed by atoms with Gasteiger partial charge in [-0.1, -0.05) is 18.2 Å². The number of carbonyl (C=O) groups is 1. The molecule has 0 unspecified atom stereocenters. The lowest BCUT2D eigenvalue weighted by molar-refractivity contribution is -0.130. The SMILES string of the molecule is CCOc1cc(C#N)cc(Br)c1OC(=O)C1=Cc2ccccc2OC1. The molecule has 0 aromatic heterocycles. The Morgan fingerprint density at radius 3 is 2.92 bits per heavy atom. The van der Waals surface area contributed by atoms with Gasteiger partial charge in [-0.15, -0.1) is 0 Å². The number of carbonyl (C=O) groups excluding carboxylic acids is 1. The van der Waals surface area contributed by atoms with Gasteiger partial charge in [0.05, 0.1) is 28.3 Å². The second kappa shape index (κ2) is 7.41. The highest BCUT2D eigenvalue weighted by Gasteiger charge is 2.22. The van der Waals surface area contributed by atoms with Crippen LogP contribution in [0.4, 0.5) is 0 Å². The first-order chi connectivity index (χ1) is 12.1.